The Kier molecular flexibility index (Phi) is 6.90. The van der Waals surface area contributed by atoms with Gasteiger partial charge in [-0.25, -0.2) is 4.98 Å². The molecule has 1 aromatic heterocycles. The van der Waals surface area contributed by atoms with Crippen LogP contribution in [-0.2, 0) is 9.59 Å². The average molecular weight is 461 g/mol. The molecule has 30 heavy (non-hydrogen) atoms. The summed E-state index contributed by atoms with van der Waals surface area (Å²) in [4.78, 5) is 44.0. The van der Waals surface area contributed by atoms with Gasteiger partial charge in [0, 0.05) is 41.6 Å². The molecule has 2 amide bonds. The van der Waals surface area contributed by atoms with Crippen LogP contribution < -0.4 is 44.9 Å². The van der Waals surface area contributed by atoms with Gasteiger partial charge in [0.25, 0.3) is 5.91 Å². The topological polar surface area (TPSA) is 126 Å². The second-order valence-electron chi connectivity index (χ2n) is 7.49. The zero-order chi connectivity index (χ0) is 21.0. The number of nitrogens with zero attached hydrogens (tertiary/aromatic N) is 3. The van der Waals surface area contributed by atoms with Gasteiger partial charge in [0.1, 0.15) is 5.69 Å². The van der Waals surface area contributed by atoms with Crippen molar-refractivity contribution in [3.63, 3.8) is 0 Å². The summed E-state index contributed by atoms with van der Waals surface area (Å²) in [6, 6.07) is -0.330. The molecule has 1 aromatic rings. The van der Waals surface area contributed by atoms with E-state index in [9.17, 15) is 24.6 Å². The van der Waals surface area contributed by atoms with Crippen molar-refractivity contribution in [3.8, 4) is 0 Å². The Bertz CT molecular complexity index is 914. The number of hydrogen-bond acceptors (Lipinski definition) is 9. The summed E-state index contributed by atoms with van der Waals surface area (Å²) < 4.78 is 0. The number of thioether (sulfide) groups is 1. The van der Waals surface area contributed by atoms with Crippen molar-refractivity contribution < 1.29 is 54.2 Å². The Hall–Kier alpha value is -1.11. The van der Waals surface area contributed by atoms with E-state index < -0.39 is 18.0 Å². The van der Waals surface area contributed by atoms with Crippen LogP contribution in [0.1, 0.15) is 24.3 Å². The average Bonchev–Trinajstić information content (AvgIpc) is 3.19. The standard InChI is InChI=1S/C18H22N4O5S2.Na/c1-7-12-11(8(2)23)16(25)22(12)13(17(26)27)14(7)29-9-4-21(5-9)18-20-10(6-28-18)15(24)19-3;/h6-9,11-12,23H,4-5H2,1-3H3,(H,19,24)(H,26,27);/q;+1/p-1/t7-,8-,11-,12-;/m1./s1. The molecule has 0 radical (unpaired) electrons. The number of carboxylic acid groups (broad SMARTS) is 1. The van der Waals surface area contributed by atoms with Crippen molar-refractivity contribution in [1.82, 2.24) is 15.2 Å². The molecule has 0 bridgehead atoms. The summed E-state index contributed by atoms with van der Waals surface area (Å²) in [5, 5.41) is 26.8. The van der Waals surface area contributed by atoms with Crippen molar-refractivity contribution in [3.05, 3.63) is 21.7 Å². The first kappa shape index (κ1) is 23.6. The molecule has 2 saturated heterocycles. The number of carbonyl (C=O) groups is 3. The van der Waals surface area contributed by atoms with E-state index in [0.29, 0.717) is 23.7 Å². The van der Waals surface area contributed by atoms with Crippen LogP contribution in [-0.4, -0.2) is 70.3 Å². The molecule has 4 atom stereocenters. The molecular weight excluding hydrogens is 439 g/mol. The van der Waals surface area contributed by atoms with Gasteiger partial charge in [-0.15, -0.1) is 23.1 Å². The normalized spacial score (nSPS) is 26.5. The number of rotatable bonds is 6. The number of β-lactam (4-membered cyclic amide) rings is 1. The number of aliphatic hydroxyl groups is 1. The van der Waals surface area contributed by atoms with Crippen LogP contribution in [0.2, 0.25) is 0 Å². The Balaban J connectivity index is 0.00000256. The zero-order valence-corrected chi connectivity index (χ0v) is 20.7. The van der Waals surface area contributed by atoms with Gasteiger partial charge >= 0.3 is 29.6 Å². The van der Waals surface area contributed by atoms with Gasteiger partial charge < -0.3 is 30.1 Å². The summed E-state index contributed by atoms with van der Waals surface area (Å²) in [5.74, 6) is -2.69. The molecule has 0 spiro atoms. The van der Waals surface area contributed by atoms with E-state index in [1.54, 1.807) is 19.4 Å². The molecule has 4 heterocycles. The SMILES string of the molecule is CNC(=O)c1csc(N2CC(SC3=C(C(=O)[O-])N4C(=O)[C@H]([C@@H](C)O)[C@H]4[C@H]3C)C2)n1.[Na+]. The van der Waals surface area contributed by atoms with Crippen LogP contribution >= 0.6 is 23.1 Å². The Labute approximate surface area is 204 Å². The minimum atomic E-state index is -1.36. The number of fused-ring (bicyclic) bond motifs is 1. The number of carbonyl (C=O) groups excluding carboxylic acids is 3. The maximum atomic E-state index is 12.4. The molecule has 2 fully saturated rings. The zero-order valence-electron chi connectivity index (χ0n) is 17.1. The Morgan fingerprint density at radius 1 is 1.43 bits per heavy atom. The van der Waals surface area contributed by atoms with Crippen molar-refractivity contribution in [2.45, 2.75) is 31.2 Å². The first-order valence-corrected chi connectivity index (χ1v) is 11.1. The first-order valence-electron chi connectivity index (χ1n) is 9.30. The van der Waals surface area contributed by atoms with Gasteiger partial charge in [-0.2, -0.15) is 0 Å². The number of thiazole rings is 1. The maximum absolute atomic E-state index is 12.4. The number of carboxylic acids is 1. The summed E-state index contributed by atoms with van der Waals surface area (Å²) in [6.45, 7) is 4.78. The van der Waals surface area contributed by atoms with E-state index in [0.717, 1.165) is 5.13 Å². The molecule has 0 saturated carbocycles. The van der Waals surface area contributed by atoms with E-state index in [-0.39, 0.29) is 64.3 Å². The molecule has 12 heteroatoms. The Morgan fingerprint density at radius 2 is 2.10 bits per heavy atom. The fourth-order valence-corrected chi connectivity index (χ4v) is 6.50. The Morgan fingerprint density at radius 3 is 2.67 bits per heavy atom. The number of aliphatic hydroxyl groups excluding tert-OH is 1. The summed E-state index contributed by atoms with van der Waals surface area (Å²) in [5.41, 5.74) is 0.325. The maximum Gasteiger partial charge on any atom is 1.00 e. The number of amides is 2. The summed E-state index contributed by atoms with van der Waals surface area (Å²) >= 11 is 2.85. The molecule has 3 aliphatic heterocycles. The minimum Gasteiger partial charge on any atom is -0.543 e. The molecule has 2 N–H and O–H groups in total. The number of hydrogen-bond donors (Lipinski definition) is 2. The van der Waals surface area contributed by atoms with Gasteiger partial charge in [-0.3, -0.25) is 9.59 Å². The number of aliphatic carboxylic acids is 1. The largest absolute Gasteiger partial charge is 1.00 e. The van der Waals surface area contributed by atoms with Crippen molar-refractivity contribution in [2.24, 2.45) is 11.8 Å². The number of aromatic nitrogens is 1. The molecule has 3 aliphatic rings. The summed E-state index contributed by atoms with van der Waals surface area (Å²) in [7, 11) is 1.55. The monoisotopic (exact) mass is 460 g/mol. The fourth-order valence-electron chi connectivity index (χ4n) is 4.16. The van der Waals surface area contributed by atoms with Gasteiger partial charge in [0.2, 0.25) is 5.91 Å². The third kappa shape index (κ3) is 3.69. The molecular formula is C18H21N4NaO5S2. The molecule has 156 valence electrons. The van der Waals surface area contributed by atoms with Gasteiger partial charge in [0.05, 0.1) is 29.7 Å². The second kappa shape index (κ2) is 8.79. The van der Waals surface area contributed by atoms with Gasteiger partial charge in [-0.05, 0) is 6.92 Å². The van der Waals surface area contributed by atoms with Crippen LogP contribution in [0.4, 0.5) is 5.13 Å². The fraction of sp³-hybridized carbons (Fsp3) is 0.556. The van der Waals surface area contributed by atoms with E-state index in [1.165, 1.54) is 28.0 Å². The molecule has 4 rings (SSSR count). The smallest absolute Gasteiger partial charge is 0.543 e. The second-order valence-corrected chi connectivity index (χ2v) is 9.67. The quantitative estimate of drug-likeness (QED) is 0.328. The third-order valence-electron chi connectivity index (χ3n) is 5.67. The van der Waals surface area contributed by atoms with Crippen LogP contribution in [0.5, 0.6) is 0 Å². The minimum absolute atomic E-state index is 0. The van der Waals surface area contributed by atoms with E-state index >= 15 is 0 Å². The van der Waals surface area contributed by atoms with E-state index in [1.807, 2.05) is 11.8 Å². The first-order chi connectivity index (χ1) is 13.7. The predicted octanol–water partition coefficient (Wildman–Crippen LogP) is -3.75. The number of anilines is 1. The van der Waals surface area contributed by atoms with Crippen LogP contribution in [0, 0.1) is 11.8 Å². The third-order valence-corrected chi connectivity index (χ3v) is 8.02. The number of nitrogens with one attached hydrogen (secondary N) is 1. The van der Waals surface area contributed by atoms with Crippen LogP contribution in [0.3, 0.4) is 0 Å². The van der Waals surface area contributed by atoms with E-state index in [4.69, 9.17) is 0 Å². The van der Waals surface area contributed by atoms with Crippen molar-refractivity contribution >= 4 is 46.0 Å². The molecule has 9 nitrogen and oxygen atoms in total. The van der Waals surface area contributed by atoms with Crippen LogP contribution in [0.25, 0.3) is 0 Å². The predicted molar refractivity (Wildman–Crippen MR) is 106 cm³/mol. The van der Waals surface area contributed by atoms with Gasteiger partial charge in [-0.1, -0.05) is 6.92 Å². The molecule has 0 aromatic carbocycles. The summed E-state index contributed by atoms with van der Waals surface area (Å²) in [6.07, 6.45) is -0.822. The molecule has 0 aliphatic carbocycles. The van der Waals surface area contributed by atoms with Crippen molar-refractivity contribution in [2.75, 3.05) is 25.0 Å². The molecule has 0 unspecified atom stereocenters. The van der Waals surface area contributed by atoms with Gasteiger partial charge in [0.15, 0.2) is 5.13 Å². The van der Waals surface area contributed by atoms with E-state index in [2.05, 4.69) is 10.3 Å². The van der Waals surface area contributed by atoms with Crippen LogP contribution in [0.15, 0.2) is 16.0 Å². The van der Waals surface area contributed by atoms with Crippen molar-refractivity contribution in [1.29, 1.82) is 0 Å².